The molecule has 0 bridgehead atoms. The number of carbonyl (C=O) groups is 1. The molecule has 1 aliphatic carbocycles. The van der Waals surface area contributed by atoms with Crippen LogP contribution in [0, 0.1) is 5.92 Å². The van der Waals surface area contributed by atoms with Crippen molar-refractivity contribution in [1.82, 2.24) is 19.0 Å². The summed E-state index contributed by atoms with van der Waals surface area (Å²) in [5, 5.41) is 3.09. The smallest absolute Gasteiger partial charge is 0.220 e. The highest BCUT2D eigenvalue weighted by atomic mass is 32.1. The number of aromatic nitrogens is 2. The first-order valence-electron chi connectivity index (χ1n) is 8.99. The number of fused-ring (bicyclic) bond motifs is 1. The first kappa shape index (κ1) is 16.0. The second kappa shape index (κ2) is 7.15. The Hall–Kier alpha value is -1.53. The van der Waals surface area contributed by atoms with Crippen molar-refractivity contribution in [2.45, 2.75) is 51.1 Å². The van der Waals surface area contributed by atoms with Gasteiger partial charge in [0, 0.05) is 25.6 Å². The molecule has 1 amide bonds. The van der Waals surface area contributed by atoms with Crippen LogP contribution < -0.4 is 5.32 Å². The number of benzene rings is 1. The summed E-state index contributed by atoms with van der Waals surface area (Å²) < 4.78 is 8.60. The van der Waals surface area contributed by atoms with Gasteiger partial charge in [-0.15, -0.1) is 0 Å². The normalized spacial score (nSPS) is 21.9. The first-order chi connectivity index (χ1) is 11.8. The molecule has 2 heterocycles. The zero-order valence-electron chi connectivity index (χ0n) is 13.9. The zero-order valence-corrected chi connectivity index (χ0v) is 14.7. The molecule has 5 nitrogen and oxygen atoms in total. The quantitative estimate of drug-likeness (QED) is 0.875. The molecule has 0 spiro atoms. The van der Waals surface area contributed by atoms with E-state index in [0.29, 0.717) is 18.4 Å². The summed E-state index contributed by atoms with van der Waals surface area (Å²) in [6.45, 7) is 3.22. The van der Waals surface area contributed by atoms with Crippen molar-refractivity contribution >= 4 is 28.7 Å². The van der Waals surface area contributed by atoms with Crippen LogP contribution >= 0.6 is 11.7 Å². The second-order valence-electron chi connectivity index (χ2n) is 7.21. The van der Waals surface area contributed by atoms with E-state index in [0.717, 1.165) is 37.1 Å². The molecule has 1 saturated carbocycles. The molecule has 1 aromatic heterocycles. The van der Waals surface area contributed by atoms with Crippen LogP contribution in [0.15, 0.2) is 18.2 Å². The summed E-state index contributed by atoms with van der Waals surface area (Å²) in [7, 11) is 0. The fourth-order valence-corrected chi connectivity index (χ4v) is 4.09. The van der Waals surface area contributed by atoms with E-state index in [-0.39, 0.29) is 5.91 Å². The first-order valence-corrected chi connectivity index (χ1v) is 9.72. The minimum Gasteiger partial charge on any atom is -0.353 e. The van der Waals surface area contributed by atoms with E-state index < -0.39 is 0 Å². The Kier molecular flexibility index (Phi) is 4.76. The third-order valence-electron chi connectivity index (χ3n) is 5.05. The van der Waals surface area contributed by atoms with Crippen LogP contribution in [-0.4, -0.2) is 38.7 Å². The predicted molar refractivity (Wildman–Crippen MR) is 95.8 cm³/mol. The fourth-order valence-electron chi connectivity index (χ4n) is 3.58. The van der Waals surface area contributed by atoms with Gasteiger partial charge in [0.15, 0.2) is 0 Å². The number of nitrogens with zero attached hydrogens (tertiary/aromatic N) is 3. The van der Waals surface area contributed by atoms with Gasteiger partial charge in [0.25, 0.3) is 0 Å². The van der Waals surface area contributed by atoms with E-state index in [1.165, 1.54) is 43.0 Å². The molecule has 0 unspecified atom stereocenters. The standard InChI is InChI=1S/C18H24N4OS/c23-18(19-15-5-6-15)8-4-13-2-1-9-22(11-13)12-14-3-7-16-17(10-14)21-24-20-16/h3,7,10,13,15H,1-2,4-6,8-9,11-12H2,(H,19,23)/t13-/m1/s1. The van der Waals surface area contributed by atoms with Gasteiger partial charge < -0.3 is 5.32 Å². The lowest BCUT2D eigenvalue weighted by Crippen LogP contribution is -2.35. The van der Waals surface area contributed by atoms with Gasteiger partial charge in [0.2, 0.25) is 5.91 Å². The van der Waals surface area contributed by atoms with Crippen molar-refractivity contribution in [2.75, 3.05) is 13.1 Å². The number of piperidine rings is 1. The number of hydrogen-bond acceptors (Lipinski definition) is 5. The van der Waals surface area contributed by atoms with Crippen molar-refractivity contribution < 1.29 is 4.79 Å². The van der Waals surface area contributed by atoms with E-state index in [9.17, 15) is 4.79 Å². The Morgan fingerprint density at radius 2 is 2.12 bits per heavy atom. The fraction of sp³-hybridized carbons (Fsp3) is 0.611. The molecule has 1 N–H and O–H groups in total. The molecule has 2 fully saturated rings. The number of carbonyl (C=O) groups excluding carboxylic acids is 1. The van der Waals surface area contributed by atoms with Crippen LogP contribution in [0.25, 0.3) is 11.0 Å². The van der Waals surface area contributed by atoms with E-state index in [2.05, 4.69) is 37.2 Å². The molecule has 1 aromatic carbocycles. The number of nitrogens with one attached hydrogen (secondary N) is 1. The zero-order chi connectivity index (χ0) is 16.4. The highest BCUT2D eigenvalue weighted by molar-refractivity contribution is 7.00. The van der Waals surface area contributed by atoms with E-state index in [4.69, 9.17) is 0 Å². The maximum Gasteiger partial charge on any atom is 0.220 e. The molecule has 2 aromatic rings. The number of likely N-dealkylation sites (tertiary alicyclic amines) is 1. The summed E-state index contributed by atoms with van der Waals surface area (Å²) in [6, 6.07) is 6.87. The Morgan fingerprint density at radius 1 is 1.25 bits per heavy atom. The van der Waals surface area contributed by atoms with Crippen molar-refractivity contribution in [1.29, 1.82) is 0 Å². The molecule has 6 heteroatoms. The van der Waals surface area contributed by atoms with Crippen LogP contribution in [0.1, 0.15) is 44.1 Å². The largest absolute Gasteiger partial charge is 0.353 e. The van der Waals surface area contributed by atoms with Crippen LogP contribution in [0.4, 0.5) is 0 Å². The highest BCUT2D eigenvalue weighted by Crippen LogP contribution is 2.24. The molecular formula is C18H24N4OS. The third-order valence-corrected chi connectivity index (χ3v) is 5.61. The lowest BCUT2D eigenvalue weighted by molar-refractivity contribution is -0.121. The molecule has 1 aliphatic heterocycles. The molecule has 2 aliphatic rings. The van der Waals surface area contributed by atoms with Gasteiger partial charge in [-0.2, -0.15) is 8.75 Å². The predicted octanol–water partition coefficient (Wildman–Crippen LogP) is 2.96. The molecule has 0 radical (unpaired) electrons. The summed E-state index contributed by atoms with van der Waals surface area (Å²) in [4.78, 5) is 14.4. The van der Waals surface area contributed by atoms with Crippen molar-refractivity contribution in [3.8, 4) is 0 Å². The third kappa shape index (κ3) is 4.11. The summed E-state index contributed by atoms with van der Waals surface area (Å²) in [5.74, 6) is 0.893. The second-order valence-corrected chi connectivity index (χ2v) is 7.74. The molecule has 128 valence electrons. The SMILES string of the molecule is O=C(CC[C@H]1CCCN(Cc2ccc3nsnc3c2)C1)NC1CC1. The van der Waals surface area contributed by atoms with Crippen LogP contribution in [0.2, 0.25) is 0 Å². The number of amides is 1. The van der Waals surface area contributed by atoms with Gasteiger partial charge in [0.1, 0.15) is 11.0 Å². The topological polar surface area (TPSA) is 58.1 Å². The molecule has 1 saturated heterocycles. The van der Waals surface area contributed by atoms with Crippen LogP contribution in [-0.2, 0) is 11.3 Å². The Bertz CT molecular complexity index is 712. The Labute approximate surface area is 146 Å². The van der Waals surface area contributed by atoms with Crippen molar-refractivity contribution in [3.63, 3.8) is 0 Å². The van der Waals surface area contributed by atoms with E-state index >= 15 is 0 Å². The van der Waals surface area contributed by atoms with Gasteiger partial charge in [-0.3, -0.25) is 9.69 Å². The average Bonchev–Trinajstić information content (AvgIpc) is 3.27. The summed E-state index contributed by atoms with van der Waals surface area (Å²) in [6.07, 6.45) is 6.52. The molecular weight excluding hydrogens is 320 g/mol. The van der Waals surface area contributed by atoms with E-state index in [1.54, 1.807) is 0 Å². The lowest BCUT2D eigenvalue weighted by atomic mass is 9.93. The molecule has 1 atom stereocenters. The van der Waals surface area contributed by atoms with Gasteiger partial charge in [-0.1, -0.05) is 6.07 Å². The minimum atomic E-state index is 0.246. The molecule has 24 heavy (non-hydrogen) atoms. The van der Waals surface area contributed by atoms with Gasteiger partial charge >= 0.3 is 0 Å². The summed E-state index contributed by atoms with van der Waals surface area (Å²) >= 11 is 1.27. The van der Waals surface area contributed by atoms with Crippen LogP contribution in [0.5, 0.6) is 0 Å². The lowest BCUT2D eigenvalue weighted by Gasteiger charge is -2.32. The Balaban J connectivity index is 1.28. The minimum absolute atomic E-state index is 0.246. The van der Waals surface area contributed by atoms with Gasteiger partial charge in [-0.25, -0.2) is 0 Å². The van der Waals surface area contributed by atoms with Crippen molar-refractivity contribution in [2.24, 2.45) is 5.92 Å². The van der Waals surface area contributed by atoms with E-state index in [1.807, 2.05) is 0 Å². The monoisotopic (exact) mass is 344 g/mol. The highest BCUT2D eigenvalue weighted by Gasteiger charge is 2.24. The maximum atomic E-state index is 11.9. The summed E-state index contributed by atoms with van der Waals surface area (Å²) in [5.41, 5.74) is 3.30. The van der Waals surface area contributed by atoms with Gasteiger partial charge in [-0.05, 0) is 62.3 Å². The Morgan fingerprint density at radius 3 is 3.00 bits per heavy atom. The number of hydrogen-bond donors (Lipinski definition) is 1. The maximum absolute atomic E-state index is 11.9. The van der Waals surface area contributed by atoms with Crippen LogP contribution in [0.3, 0.4) is 0 Å². The number of rotatable bonds is 6. The van der Waals surface area contributed by atoms with Gasteiger partial charge in [0.05, 0.1) is 11.7 Å². The molecule has 4 rings (SSSR count). The average molecular weight is 344 g/mol. The van der Waals surface area contributed by atoms with Crippen molar-refractivity contribution in [3.05, 3.63) is 23.8 Å².